The summed E-state index contributed by atoms with van der Waals surface area (Å²) in [4.78, 5) is 13.7. The van der Waals surface area contributed by atoms with Crippen molar-refractivity contribution >= 4 is 5.91 Å². The number of nitrogens with zero attached hydrogens (tertiary/aromatic N) is 1. The van der Waals surface area contributed by atoms with Crippen molar-refractivity contribution in [2.45, 2.75) is 20.1 Å². The predicted molar refractivity (Wildman–Crippen MR) is 77.6 cm³/mol. The average Bonchev–Trinajstić information content (AvgIpc) is 2.84. The maximum Gasteiger partial charge on any atom is 0.257 e. The van der Waals surface area contributed by atoms with E-state index < -0.39 is 5.82 Å². The first kappa shape index (κ1) is 13.6. The van der Waals surface area contributed by atoms with Gasteiger partial charge in [-0.05, 0) is 24.1 Å². The quantitative estimate of drug-likeness (QED) is 0.862. The van der Waals surface area contributed by atoms with Gasteiger partial charge in [0.05, 0.1) is 5.56 Å². The molecule has 1 aliphatic rings. The molecule has 0 atom stereocenters. The van der Waals surface area contributed by atoms with Crippen LogP contribution in [0.2, 0.25) is 0 Å². The van der Waals surface area contributed by atoms with Crippen molar-refractivity contribution in [1.29, 1.82) is 0 Å². The molecule has 0 radical (unpaired) electrons. The molecule has 3 rings (SSSR count). The van der Waals surface area contributed by atoms with Gasteiger partial charge in [0.15, 0.2) is 11.6 Å². The van der Waals surface area contributed by atoms with Crippen molar-refractivity contribution in [1.82, 2.24) is 4.90 Å². The van der Waals surface area contributed by atoms with Gasteiger partial charge in [-0.25, -0.2) is 4.39 Å². The van der Waals surface area contributed by atoms with Crippen LogP contribution in [0.3, 0.4) is 0 Å². The smallest absolute Gasteiger partial charge is 0.257 e. The lowest BCUT2D eigenvalue weighted by atomic mass is 10.1. The number of rotatable bonds is 4. The van der Waals surface area contributed by atoms with Gasteiger partial charge < -0.3 is 9.64 Å². The van der Waals surface area contributed by atoms with Crippen LogP contribution in [0.25, 0.3) is 0 Å². The number of benzene rings is 2. The molecule has 0 aromatic heterocycles. The second-order valence-corrected chi connectivity index (χ2v) is 5.01. The molecular formula is C17H16FNO2. The van der Waals surface area contributed by atoms with Crippen molar-refractivity contribution in [2.24, 2.45) is 0 Å². The summed E-state index contributed by atoms with van der Waals surface area (Å²) in [5, 5.41) is 0. The number of carbonyl (C=O) groups excluding carboxylic acids is 1. The molecule has 0 aliphatic carbocycles. The Morgan fingerprint density at radius 1 is 1.19 bits per heavy atom. The Morgan fingerprint density at radius 2 is 1.95 bits per heavy atom. The van der Waals surface area contributed by atoms with E-state index in [1.54, 1.807) is 17.0 Å². The van der Waals surface area contributed by atoms with Crippen LogP contribution < -0.4 is 4.74 Å². The second-order valence-electron chi connectivity index (χ2n) is 5.01. The fourth-order valence-electron chi connectivity index (χ4n) is 2.50. The van der Waals surface area contributed by atoms with Gasteiger partial charge in [0.2, 0.25) is 0 Å². The van der Waals surface area contributed by atoms with E-state index >= 15 is 0 Å². The van der Waals surface area contributed by atoms with Gasteiger partial charge in [-0.1, -0.05) is 36.4 Å². The van der Waals surface area contributed by atoms with Gasteiger partial charge in [-0.2, -0.15) is 0 Å². The fraction of sp³-hybridized carbons (Fsp3) is 0.235. The zero-order valence-electron chi connectivity index (χ0n) is 11.8. The minimum absolute atomic E-state index is 0.129. The zero-order valence-corrected chi connectivity index (χ0v) is 11.8. The van der Waals surface area contributed by atoms with Crippen LogP contribution in [0.4, 0.5) is 4.39 Å². The Balaban J connectivity index is 1.83. The molecule has 1 heterocycles. The molecule has 0 unspecified atom stereocenters. The third-order valence-corrected chi connectivity index (χ3v) is 3.67. The van der Waals surface area contributed by atoms with Crippen LogP contribution in [0.15, 0.2) is 42.5 Å². The summed E-state index contributed by atoms with van der Waals surface area (Å²) >= 11 is 0. The molecule has 0 saturated heterocycles. The third-order valence-electron chi connectivity index (χ3n) is 3.67. The van der Waals surface area contributed by atoms with E-state index in [0.29, 0.717) is 13.1 Å². The summed E-state index contributed by atoms with van der Waals surface area (Å²) in [5.74, 6) is -0.677. The van der Waals surface area contributed by atoms with E-state index in [4.69, 9.17) is 4.74 Å². The van der Waals surface area contributed by atoms with E-state index in [2.05, 4.69) is 0 Å². The highest BCUT2D eigenvalue weighted by Gasteiger charge is 2.31. The molecule has 2 aromatic carbocycles. The molecule has 1 amide bonds. The molecule has 0 saturated carbocycles. The molecule has 108 valence electrons. The summed E-state index contributed by atoms with van der Waals surface area (Å²) in [6.07, 6.45) is 0. The number of fused-ring (bicyclic) bond motifs is 1. The maximum absolute atomic E-state index is 14.5. The highest BCUT2D eigenvalue weighted by atomic mass is 19.1. The summed E-state index contributed by atoms with van der Waals surface area (Å²) in [6.45, 7) is 3.21. The summed E-state index contributed by atoms with van der Waals surface area (Å²) in [6, 6.07) is 12.9. The Morgan fingerprint density at radius 3 is 2.67 bits per heavy atom. The Kier molecular flexibility index (Phi) is 3.60. The summed E-state index contributed by atoms with van der Waals surface area (Å²) in [5.41, 5.74) is 1.84. The maximum atomic E-state index is 14.5. The van der Waals surface area contributed by atoms with Crippen molar-refractivity contribution in [2.75, 3.05) is 6.54 Å². The summed E-state index contributed by atoms with van der Waals surface area (Å²) in [7, 11) is 0. The van der Waals surface area contributed by atoms with Gasteiger partial charge in [-0.15, -0.1) is 0 Å². The summed E-state index contributed by atoms with van der Waals surface area (Å²) < 4.78 is 20.0. The van der Waals surface area contributed by atoms with Crippen LogP contribution >= 0.6 is 0 Å². The second kappa shape index (κ2) is 5.56. The lowest BCUT2D eigenvalue weighted by molar-refractivity contribution is 0.0783. The molecule has 1 aliphatic heterocycles. The van der Waals surface area contributed by atoms with Gasteiger partial charge in [0.25, 0.3) is 5.91 Å². The molecule has 2 aromatic rings. The first-order valence-electron chi connectivity index (χ1n) is 6.98. The number of carbonyl (C=O) groups is 1. The van der Waals surface area contributed by atoms with Gasteiger partial charge in [-0.3, -0.25) is 4.79 Å². The van der Waals surface area contributed by atoms with Gasteiger partial charge in [0.1, 0.15) is 6.61 Å². The Labute approximate surface area is 123 Å². The van der Waals surface area contributed by atoms with E-state index in [0.717, 1.165) is 11.1 Å². The number of hydrogen-bond donors (Lipinski definition) is 0. The van der Waals surface area contributed by atoms with Crippen LogP contribution in [0.1, 0.15) is 28.4 Å². The average molecular weight is 285 g/mol. The first-order chi connectivity index (χ1) is 10.2. The van der Waals surface area contributed by atoms with E-state index in [1.807, 2.05) is 37.3 Å². The van der Waals surface area contributed by atoms with Crippen LogP contribution in [-0.4, -0.2) is 17.4 Å². The molecule has 0 N–H and O–H groups in total. The Hall–Kier alpha value is -2.36. The van der Waals surface area contributed by atoms with E-state index in [-0.39, 0.29) is 23.8 Å². The standard InChI is InChI=1S/C17H16FNO2/c1-2-19-10-13-8-9-14(16(18)15(13)17(19)20)21-11-12-6-4-3-5-7-12/h3-9H,2,10-11H2,1H3. The van der Waals surface area contributed by atoms with E-state index in [9.17, 15) is 9.18 Å². The van der Waals surface area contributed by atoms with Crippen molar-refractivity contribution < 1.29 is 13.9 Å². The minimum Gasteiger partial charge on any atom is -0.486 e. The molecule has 0 fully saturated rings. The molecular weight excluding hydrogens is 269 g/mol. The van der Waals surface area contributed by atoms with Crippen LogP contribution in [0.5, 0.6) is 5.75 Å². The number of halogens is 1. The third kappa shape index (κ3) is 2.49. The lowest BCUT2D eigenvalue weighted by Gasteiger charge is -2.11. The van der Waals surface area contributed by atoms with Crippen molar-refractivity contribution in [3.8, 4) is 5.75 Å². The zero-order chi connectivity index (χ0) is 14.8. The highest BCUT2D eigenvalue weighted by molar-refractivity contribution is 5.99. The largest absolute Gasteiger partial charge is 0.486 e. The lowest BCUT2D eigenvalue weighted by Crippen LogP contribution is -2.23. The molecule has 0 bridgehead atoms. The van der Waals surface area contributed by atoms with Crippen molar-refractivity contribution in [3.05, 3.63) is 65.0 Å². The van der Waals surface area contributed by atoms with Gasteiger partial charge >= 0.3 is 0 Å². The van der Waals surface area contributed by atoms with Crippen LogP contribution in [-0.2, 0) is 13.2 Å². The molecule has 21 heavy (non-hydrogen) atoms. The highest BCUT2D eigenvalue weighted by Crippen LogP contribution is 2.31. The van der Waals surface area contributed by atoms with Gasteiger partial charge in [0, 0.05) is 13.1 Å². The topological polar surface area (TPSA) is 29.5 Å². The SMILES string of the molecule is CCN1Cc2ccc(OCc3ccccc3)c(F)c2C1=O. The number of ether oxygens (including phenoxy) is 1. The molecule has 4 heteroatoms. The number of hydrogen-bond acceptors (Lipinski definition) is 2. The first-order valence-corrected chi connectivity index (χ1v) is 6.98. The fourth-order valence-corrected chi connectivity index (χ4v) is 2.50. The molecule has 3 nitrogen and oxygen atoms in total. The van der Waals surface area contributed by atoms with Crippen LogP contribution in [0, 0.1) is 5.82 Å². The monoisotopic (exact) mass is 285 g/mol. The predicted octanol–water partition coefficient (Wildman–Crippen LogP) is 3.38. The Bertz CT molecular complexity index is 670. The van der Waals surface area contributed by atoms with E-state index in [1.165, 1.54) is 0 Å². The van der Waals surface area contributed by atoms with Crippen molar-refractivity contribution in [3.63, 3.8) is 0 Å². The molecule has 0 spiro atoms. The normalized spacial score (nSPS) is 13.4. The minimum atomic E-state index is -0.551. The number of amides is 1.